The minimum atomic E-state index is -0.395. The maximum absolute atomic E-state index is 13.1. The highest BCUT2D eigenvalue weighted by Gasteiger charge is 2.32. The van der Waals surface area contributed by atoms with E-state index < -0.39 is 6.03 Å². The van der Waals surface area contributed by atoms with E-state index in [9.17, 15) is 9.59 Å². The van der Waals surface area contributed by atoms with Crippen LogP contribution in [-0.2, 0) is 16.1 Å². The molecule has 186 valence electrons. The van der Waals surface area contributed by atoms with Crippen molar-refractivity contribution in [1.29, 1.82) is 0 Å². The zero-order valence-electron chi connectivity index (χ0n) is 20.2. The van der Waals surface area contributed by atoms with Crippen LogP contribution in [0, 0.1) is 0 Å². The molecule has 1 aromatic heterocycles. The first kappa shape index (κ1) is 24.5. The summed E-state index contributed by atoms with van der Waals surface area (Å²) < 4.78 is 7.57. The number of primary amides is 1. The standard InChI is InChI=1S/C25H38N6O3/c1-34-14-6-13-31-22-10-3-2-9-21(22)28-24(31)18-7-4-11-29(17-18)23(32)16-19(26)15-20-8-5-12-30(20)25(27)33/h2-3,9-10,18-20H,4-8,11-17,26H2,1H3,(H2,27,33)/t18-,19+,20?/m1/s1. The number of benzene rings is 1. The van der Waals surface area contributed by atoms with Gasteiger partial charge < -0.3 is 30.6 Å². The maximum Gasteiger partial charge on any atom is 0.315 e. The molecule has 0 spiro atoms. The second-order valence-electron chi connectivity index (χ2n) is 9.66. The third-order valence-electron chi connectivity index (χ3n) is 7.23. The molecule has 0 saturated carbocycles. The second kappa shape index (κ2) is 11.2. The molecule has 34 heavy (non-hydrogen) atoms. The Bertz CT molecular complexity index is 992. The Morgan fingerprint density at radius 2 is 2.00 bits per heavy atom. The summed E-state index contributed by atoms with van der Waals surface area (Å²) in [4.78, 5) is 33.4. The Hall–Kier alpha value is -2.65. The van der Waals surface area contributed by atoms with Gasteiger partial charge in [0.25, 0.3) is 0 Å². The van der Waals surface area contributed by atoms with Crippen molar-refractivity contribution >= 4 is 23.0 Å². The number of piperidine rings is 1. The number of nitrogens with two attached hydrogens (primary N) is 2. The molecule has 2 fully saturated rings. The van der Waals surface area contributed by atoms with Crippen molar-refractivity contribution in [3.8, 4) is 0 Å². The van der Waals surface area contributed by atoms with Gasteiger partial charge >= 0.3 is 6.03 Å². The van der Waals surface area contributed by atoms with Crippen LogP contribution >= 0.6 is 0 Å². The first-order chi connectivity index (χ1) is 16.5. The summed E-state index contributed by atoms with van der Waals surface area (Å²) in [6, 6.07) is 7.59. The van der Waals surface area contributed by atoms with E-state index in [1.165, 1.54) is 0 Å². The zero-order chi connectivity index (χ0) is 24.1. The van der Waals surface area contributed by atoms with Gasteiger partial charge in [-0.3, -0.25) is 4.79 Å². The lowest BCUT2D eigenvalue weighted by Crippen LogP contribution is -2.45. The molecule has 9 nitrogen and oxygen atoms in total. The van der Waals surface area contributed by atoms with Crippen molar-refractivity contribution < 1.29 is 14.3 Å². The van der Waals surface area contributed by atoms with Crippen LogP contribution in [0.2, 0.25) is 0 Å². The number of rotatable bonds is 9. The van der Waals surface area contributed by atoms with E-state index in [1.807, 2.05) is 17.0 Å². The average Bonchev–Trinajstić information content (AvgIpc) is 3.44. The summed E-state index contributed by atoms with van der Waals surface area (Å²) in [5, 5.41) is 0. The molecule has 1 unspecified atom stereocenters. The van der Waals surface area contributed by atoms with Crippen LogP contribution < -0.4 is 11.5 Å². The molecule has 9 heteroatoms. The summed E-state index contributed by atoms with van der Waals surface area (Å²) in [6.45, 7) is 3.64. The highest BCUT2D eigenvalue weighted by molar-refractivity contribution is 5.78. The molecule has 0 radical (unpaired) electrons. The number of nitrogens with zero attached hydrogens (tertiary/aromatic N) is 4. The topological polar surface area (TPSA) is 120 Å². The predicted molar refractivity (Wildman–Crippen MR) is 131 cm³/mol. The highest BCUT2D eigenvalue weighted by atomic mass is 16.5. The fourth-order valence-corrected chi connectivity index (χ4v) is 5.58. The Morgan fingerprint density at radius 1 is 1.21 bits per heavy atom. The van der Waals surface area contributed by atoms with Crippen LogP contribution in [0.3, 0.4) is 0 Å². The van der Waals surface area contributed by atoms with Crippen molar-refractivity contribution in [1.82, 2.24) is 19.4 Å². The van der Waals surface area contributed by atoms with Crippen LogP contribution in [0.15, 0.2) is 24.3 Å². The molecule has 2 aliphatic rings. The number of carbonyl (C=O) groups is 2. The summed E-state index contributed by atoms with van der Waals surface area (Å²) in [5.41, 5.74) is 14.0. The van der Waals surface area contributed by atoms with Crippen molar-refractivity contribution in [3.05, 3.63) is 30.1 Å². The number of aryl methyl sites for hydroxylation is 1. The number of urea groups is 1. The lowest BCUT2D eigenvalue weighted by Gasteiger charge is -2.34. The molecule has 2 aliphatic heterocycles. The number of hydrogen-bond donors (Lipinski definition) is 2. The monoisotopic (exact) mass is 470 g/mol. The molecule has 4 N–H and O–H groups in total. The highest BCUT2D eigenvalue weighted by Crippen LogP contribution is 2.30. The van der Waals surface area contributed by atoms with Gasteiger partial charge in [-0.15, -0.1) is 0 Å². The number of imidazole rings is 1. The third kappa shape index (κ3) is 5.52. The van der Waals surface area contributed by atoms with Crippen LogP contribution in [0.25, 0.3) is 11.0 Å². The van der Waals surface area contributed by atoms with Crippen molar-refractivity contribution in [2.75, 3.05) is 33.4 Å². The molecule has 0 aliphatic carbocycles. The van der Waals surface area contributed by atoms with Crippen LogP contribution in [0.1, 0.15) is 56.7 Å². The Morgan fingerprint density at radius 3 is 2.79 bits per heavy atom. The van der Waals surface area contributed by atoms with E-state index in [2.05, 4.69) is 16.7 Å². The first-order valence-electron chi connectivity index (χ1n) is 12.5. The summed E-state index contributed by atoms with van der Waals surface area (Å²) in [6.07, 6.45) is 5.62. The van der Waals surface area contributed by atoms with Gasteiger partial charge in [0.2, 0.25) is 5.91 Å². The van der Waals surface area contributed by atoms with Gasteiger partial charge in [0.15, 0.2) is 0 Å². The van der Waals surface area contributed by atoms with Crippen LogP contribution in [0.5, 0.6) is 0 Å². The molecular weight excluding hydrogens is 432 g/mol. The minimum Gasteiger partial charge on any atom is -0.385 e. The molecule has 0 bridgehead atoms. The van der Waals surface area contributed by atoms with Gasteiger partial charge in [0, 0.05) is 64.3 Å². The molecule has 3 heterocycles. The molecule has 3 amide bonds. The Kier molecular flexibility index (Phi) is 8.05. The van der Waals surface area contributed by atoms with Gasteiger partial charge in [-0.2, -0.15) is 0 Å². The molecular formula is C25H38N6O3. The molecule has 1 aromatic carbocycles. The van der Waals surface area contributed by atoms with Crippen LogP contribution in [0.4, 0.5) is 4.79 Å². The maximum atomic E-state index is 13.1. The quantitative estimate of drug-likeness (QED) is 0.546. The number of aromatic nitrogens is 2. The number of ether oxygens (including phenoxy) is 1. The Balaban J connectivity index is 1.41. The fraction of sp³-hybridized carbons (Fsp3) is 0.640. The molecule has 2 aromatic rings. The summed E-state index contributed by atoms with van der Waals surface area (Å²) in [7, 11) is 1.72. The van der Waals surface area contributed by atoms with Gasteiger partial charge in [0.05, 0.1) is 11.0 Å². The predicted octanol–water partition coefficient (Wildman–Crippen LogP) is 2.43. The summed E-state index contributed by atoms with van der Waals surface area (Å²) >= 11 is 0. The Labute approximate surface area is 201 Å². The number of hydrogen-bond acceptors (Lipinski definition) is 5. The van der Waals surface area contributed by atoms with E-state index in [0.29, 0.717) is 32.5 Å². The fourth-order valence-electron chi connectivity index (χ4n) is 5.58. The lowest BCUT2D eigenvalue weighted by atomic mass is 9.95. The minimum absolute atomic E-state index is 0.0430. The van der Waals surface area contributed by atoms with Crippen molar-refractivity contribution in [2.45, 2.75) is 69.5 Å². The lowest BCUT2D eigenvalue weighted by molar-refractivity contribution is -0.132. The van der Waals surface area contributed by atoms with Crippen LogP contribution in [-0.4, -0.2) is 76.7 Å². The smallest absolute Gasteiger partial charge is 0.315 e. The number of carbonyl (C=O) groups excluding carboxylic acids is 2. The van der Waals surface area contributed by atoms with Crippen molar-refractivity contribution in [2.24, 2.45) is 11.5 Å². The SMILES string of the molecule is COCCCn1c([C@@H]2CCCN(C(=O)C[C@@H](N)CC3CCCN3C(N)=O)C2)nc2ccccc21. The van der Waals surface area contributed by atoms with Crippen molar-refractivity contribution in [3.63, 3.8) is 0 Å². The van der Waals surface area contributed by atoms with E-state index in [1.54, 1.807) is 12.0 Å². The number of fused-ring (bicyclic) bond motifs is 1. The molecule has 3 atom stereocenters. The van der Waals surface area contributed by atoms with E-state index in [-0.39, 0.29) is 23.9 Å². The second-order valence-corrected chi connectivity index (χ2v) is 9.66. The first-order valence-corrected chi connectivity index (χ1v) is 12.5. The molecule has 4 rings (SSSR count). The summed E-state index contributed by atoms with van der Waals surface area (Å²) in [5.74, 6) is 1.34. The van der Waals surface area contributed by atoms with E-state index in [4.69, 9.17) is 21.2 Å². The van der Waals surface area contributed by atoms with E-state index >= 15 is 0 Å². The van der Waals surface area contributed by atoms with Gasteiger partial charge in [-0.05, 0) is 50.7 Å². The van der Waals surface area contributed by atoms with Gasteiger partial charge in [-0.1, -0.05) is 12.1 Å². The van der Waals surface area contributed by atoms with Gasteiger partial charge in [-0.25, -0.2) is 9.78 Å². The van der Waals surface area contributed by atoms with Gasteiger partial charge in [0.1, 0.15) is 5.82 Å². The zero-order valence-corrected chi connectivity index (χ0v) is 20.2. The normalized spacial score (nSPS) is 21.8. The molecule has 2 saturated heterocycles. The number of likely N-dealkylation sites (tertiary alicyclic amines) is 2. The largest absolute Gasteiger partial charge is 0.385 e. The third-order valence-corrected chi connectivity index (χ3v) is 7.23. The average molecular weight is 471 g/mol. The number of methoxy groups -OCH3 is 1. The number of amides is 3. The van der Waals surface area contributed by atoms with E-state index in [0.717, 1.165) is 62.1 Å². The number of para-hydroxylation sites is 2.